The molecule has 0 amide bonds. The standard InChI is InChI=1S/C16H14N2O/c1-11(19)15-13-9-5-6-10-14(13)18-16(15)17-12-7-3-2-4-8-12/h2-10,17-18H,1H3. The Labute approximate surface area is 111 Å². The van der Waals surface area contributed by atoms with Crippen LogP contribution >= 0.6 is 0 Å². The Morgan fingerprint density at radius 3 is 2.42 bits per heavy atom. The average Bonchev–Trinajstić information content (AvgIpc) is 2.77. The van der Waals surface area contributed by atoms with Crippen molar-refractivity contribution in [1.29, 1.82) is 0 Å². The number of ketones is 1. The Hall–Kier alpha value is -2.55. The first-order valence-corrected chi connectivity index (χ1v) is 6.19. The van der Waals surface area contributed by atoms with Crippen molar-refractivity contribution in [3.63, 3.8) is 0 Å². The molecular weight excluding hydrogens is 236 g/mol. The molecule has 94 valence electrons. The number of anilines is 2. The molecule has 0 spiro atoms. The van der Waals surface area contributed by atoms with Crippen molar-refractivity contribution in [3.05, 3.63) is 60.2 Å². The van der Waals surface area contributed by atoms with Gasteiger partial charge in [0.15, 0.2) is 5.78 Å². The molecule has 3 aromatic rings. The van der Waals surface area contributed by atoms with Gasteiger partial charge in [0, 0.05) is 16.6 Å². The lowest BCUT2D eigenvalue weighted by molar-refractivity contribution is 0.102. The Morgan fingerprint density at radius 1 is 1.00 bits per heavy atom. The fraction of sp³-hybridized carbons (Fsp3) is 0.0625. The zero-order valence-corrected chi connectivity index (χ0v) is 10.6. The minimum atomic E-state index is 0.0517. The largest absolute Gasteiger partial charge is 0.341 e. The van der Waals surface area contributed by atoms with E-state index >= 15 is 0 Å². The Balaban J connectivity index is 2.13. The van der Waals surface area contributed by atoms with E-state index in [1.807, 2.05) is 54.6 Å². The predicted octanol–water partition coefficient (Wildman–Crippen LogP) is 4.11. The van der Waals surface area contributed by atoms with E-state index in [4.69, 9.17) is 0 Å². The Morgan fingerprint density at radius 2 is 1.68 bits per heavy atom. The summed E-state index contributed by atoms with van der Waals surface area (Å²) in [4.78, 5) is 15.1. The summed E-state index contributed by atoms with van der Waals surface area (Å²) in [6.07, 6.45) is 0. The molecule has 2 aromatic carbocycles. The van der Waals surface area contributed by atoms with E-state index in [1.54, 1.807) is 6.92 Å². The van der Waals surface area contributed by atoms with Crippen molar-refractivity contribution >= 4 is 28.2 Å². The maximum absolute atomic E-state index is 11.9. The Kier molecular flexibility index (Phi) is 2.80. The maximum atomic E-state index is 11.9. The van der Waals surface area contributed by atoms with Gasteiger partial charge in [-0.3, -0.25) is 4.79 Å². The zero-order valence-electron chi connectivity index (χ0n) is 10.6. The van der Waals surface area contributed by atoms with Gasteiger partial charge in [0.1, 0.15) is 5.82 Å². The molecular formula is C16H14N2O. The highest BCUT2D eigenvalue weighted by Crippen LogP contribution is 2.28. The van der Waals surface area contributed by atoms with Crippen LogP contribution in [-0.2, 0) is 0 Å². The molecule has 19 heavy (non-hydrogen) atoms. The number of aromatic amines is 1. The van der Waals surface area contributed by atoms with Crippen LogP contribution in [0.25, 0.3) is 10.9 Å². The highest BCUT2D eigenvalue weighted by Gasteiger charge is 2.14. The van der Waals surface area contributed by atoms with Crippen LogP contribution in [0.1, 0.15) is 17.3 Å². The summed E-state index contributed by atoms with van der Waals surface area (Å²) in [5, 5.41) is 4.22. The van der Waals surface area contributed by atoms with Crippen LogP contribution in [0.15, 0.2) is 54.6 Å². The fourth-order valence-corrected chi connectivity index (χ4v) is 2.27. The third-order valence-corrected chi connectivity index (χ3v) is 3.10. The highest BCUT2D eigenvalue weighted by molar-refractivity contribution is 6.12. The molecule has 3 rings (SSSR count). The molecule has 0 aliphatic carbocycles. The summed E-state index contributed by atoms with van der Waals surface area (Å²) in [5.41, 5.74) is 2.63. The molecule has 0 atom stereocenters. The van der Waals surface area contributed by atoms with Gasteiger partial charge in [-0.2, -0.15) is 0 Å². The number of H-pyrrole nitrogens is 1. The number of fused-ring (bicyclic) bond motifs is 1. The first-order valence-electron chi connectivity index (χ1n) is 6.19. The molecule has 3 nitrogen and oxygen atoms in total. The summed E-state index contributed by atoms with van der Waals surface area (Å²) >= 11 is 0. The Bertz CT molecular complexity index is 729. The van der Waals surface area contributed by atoms with Crippen molar-refractivity contribution in [3.8, 4) is 0 Å². The van der Waals surface area contributed by atoms with Crippen LogP contribution < -0.4 is 5.32 Å². The quantitative estimate of drug-likeness (QED) is 0.687. The van der Waals surface area contributed by atoms with E-state index in [1.165, 1.54) is 0 Å². The second kappa shape index (κ2) is 4.61. The minimum absolute atomic E-state index is 0.0517. The van der Waals surface area contributed by atoms with Gasteiger partial charge in [-0.1, -0.05) is 36.4 Å². The van der Waals surface area contributed by atoms with Gasteiger partial charge >= 0.3 is 0 Å². The monoisotopic (exact) mass is 250 g/mol. The highest BCUT2D eigenvalue weighted by atomic mass is 16.1. The summed E-state index contributed by atoms with van der Waals surface area (Å²) in [6, 6.07) is 17.6. The van der Waals surface area contributed by atoms with Gasteiger partial charge < -0.3 is 10.3 Å². The second-order valence-electron chi connectivity index (χ2n) is 4.47. The topological polar surface area (TPSA) is 44.9 Å². The third kappa shape index (κ3) is 2.10. The molecule has 0 aliphatic heterocycles. The fourth-order valence-electron chi connectivity index (χ4n) is 2.27. The molecule has 0 fully saturated rings. The SMILES string of the molecule is CC(=O)c1c(Nc2ccccc2)[nH]c2ccccc12. The number of carbonyl (C=O) groups excluding carboxylic acids is 1. The van der Waals surface area contributed by atoms with E-state index in [0.717, 1.165) is 22.4 Å². The van der Waals surface area contributed by atoms with Crippen molar-refractivity contribution in [2.45, 2.75) is 6.92 Å². The summed E-state index contributed by atoms with van der Waals surface area (Å²) in [5.74, 6) is 0.802. The van der Waals surface area contributed by atoms with Crippen LogP contribution in [0.5, 0.6) is 0 Å². The third-order valence-electron chi connectivity index (χ3n) is 3.10. The van der Waals surface area contributed by atoms with Crippen LogP contribution in [0.3, 0.4) is 0 Å². The molecule has 3 heteroatoms. The number of hydrogen-bond acceptors (Lipinski definition) is 2. The van der Waals surface area contributed by atoms with E-state index in [0.29, 0.717) is 5.56 Å². The first-order chi connectivity index (χ1) is 9.25. The number of carbonyl (C=O) groups is 1. The van der Waals surface area contributed by atoms with E-state index in [2.05, 4.69) is 10.3 Å². The lowest BCUT2D eigenvalue weighted by Gasteiger charge is -2.05. The van der Waals surface area contributed by atoms with Gasteiger partial charge in [-0.25, -0.2) is 0 Å². The summed E-state index contributed by atoms with van der Waals surface area (Å²) in [7, 11) is 0. The number of hydrogen-bond donors (Lipinski definition) is 2. The lowest BCUT2D eigenvalue weighted by Crippen LogP contribution is -1.98. The van der Waals surface area contributed by atoms with Crippen molar-refractivity contribution in [2.24, 2.45) is 0 Å². The normalized spacial score (nSPS) is 10.6. The van der Waals surface area contributed by atoms with Crippen LogP contribution in [0, 0.1) is 0 Å². The predicted molar refractivity (Wildman–Crippen MR) is 78.0 cm³/mol. The number of rotatable bonds is 3. The first kappa shape index (κ1) is 11.5. The van der Waals surface area contributed by atoms with Crippen molar-refractivity contribution in [2.75, 3.05) is 5.32 Å². The van der Waals surface area contributed by atoms with Crippen LogP contribution in [0.2, 0.25) is 0 Å². The van der Waals surface area contributed by atoms with Crippen LogP contribution in [-0.4, -0.2) is 10.8 Å². The van der Waals surface area contributed by atoms with Gasteiger partial charge in [0.05, 0.1) is 5.56 Å². The zero-order chi connectivity index (χ0) is 13.2. The molecule has 0 saturated carbocycles. The van der Waals surface area contributed by atoms with Gasteiger partial charge in [0.2, 0.25) is 0 Å². The van der Waals surface area contributed by atoms with E-state index in [-0.39, 0.29) is 5.78 Å². The van der Waals surface area contributed by atoms with Crippen molar-refractivity contribution < 1.29 is 4.79 Å². The number of para-hydroxylation sites is 2. The molecule has 1 aromatic heterocycles. The molecule has 2 N–H and O–H groups in total. The van der Waals surface area contributed by atoms with Gasteiger partial charge in [0.25, 0.3) is 0 Å². The lowest BCUT2D eigenvalue weighted by atomic mass is 10.1. The number of aromatic nitrogens is 1. The number of Topliss-reactive ketones (excluding diaryl/α,β-unsaturated/α-hetero) is 1. The second-order valence-corrected chi connectivity index (χ2v) is 4.47. The molecule has 0 saturated heterocycles. The van der Waals surface area contributed by atoms with E-state index < -0.39 is 0 Å². The van der Waals surface area contributed by atoms with E-state index in [9.17, 15) is 4.79 Å². The van der Waals surface area contributed by atoms with Gasteiger partial charge in [-0.15, -0.1) is 0 Å². The van der Waals surface area contributed by atoms with Gasteiger partial charge in [-0.05, 0) is 25.1 Å². The molecule has 0 unspecified atom stereocenters. The summed E-state index contributed by atoms with van der Waals surface area (Å²) in [6.45, 7) is 1.59. The molecule has 0 aliphatic rings. The minimum Gasteiger partial charge on any atom is -0.341 e. The molecule has 1 heterocycles. The van der Waals surface area contributed by atoms with Crippen molar-refractivity contribution in [1.82, 2.24) is 4.98 Å². The smallest absolute Gasteiger partial charge is 0.164 e. The number of nitrogens with one attached hydrogen (secondary N) is 2. The average molecular weight is 250 g/mol. The maximum Gasteiger partial charge on any atom is 0.164 e. The van der Waals surface area contributed by atoms with Crippen LogP contribution in [0.4, 0.5) is 11.5 Å². The number of benzene rings is 2. The molecule has 0 bridgehead atoms. The summed E-state index contributed by atoms with van der Waals surface area (Å²) < 4.78 is 0. The molecule has 0 radical (unpaired) electrons.